The second-order valence-electron chi connectivity index (χ2n) is 6.29. The Labute approximate surface area is 137 Å². The third-order valence-electron chi connectivity index (χ3n) is 4.59. The standard InChI is InChI=1S/C18H28BrNO/c1-2-5-15-6-4-11-20(12-9-15)13-10-18(21)16-7-3-8-17(19)14-16/h3,7-8,14-15,18,21H,2,4-6,9-13H2,1H3. The zero-order valence-electron chi connectivity index (χ0n) is 13.1. The Hall–Kier alpha value is -0.380. The number of nitrogens with zero attached hydrogens (tertiary/aromatic N) is 1. The number of likely N-dealkylation sites (tertiary alicyclic amines) is 1. The summed E-state index contributed by atoms with van der Waals surface area (Å²) in [6, 6.07) is 8.02. The van der Waals surface area contributed by atoms with E-state index in [-0.39, 0.29) is 6.10 Å². The highest BCUT2D eigenvalue weighted by Gasteiger charge is 2.17. The van der Waals surface area contributed by atoms with Gasteiger partial charge in [0, 0.05) is 11.0 Å². The van der Waals surface area contributed by atoms with E-state index in [1.165, 1.54) is 45.2 Å². The highest BCUT2D eigenvalue weighted by atomic mass is 79.9. The molecule has 0 saturated carbocycles. The molecule has 1 fully saturated rings. The number of aliphatic hydroxyl groups excluding tert-OH is 1. The molecule has 2 unspecified atom stereocenters. The fourth-order valence-corrected chi connectivity index (χ4v) is 3.75. The monoisotopic (exact) mass is 353 g/mol. The molecule has 1 aromatic carbocycles. The molecule has 0 aliphatic carbocycles. The predicted octanol–water partition coefficient (Wildman–Crippen LogP) is 4.77. The minimum atomic E-state index is -0.350. The minimum absolute atomic E-state index is 0.350. The van der Waals surface area contributed by atoms with E-state index < -0.39 is 0 Å². The first-order valence-corrected chi connectivity index (χ1v) is 9.14. The van der Waals surface area contributed by atoms with Crippen LogP contribution in [-0.2, 0) is 0 Å². The molecule has 2 nitrogen and oxygen atoms in total. The lowest BCUT2D eigenvalue weighted by Crippen LogP contribution is -2.27. The van der Waals surface area contributed by atoms with Crippen LogP contribution < -0.4 is 0 Å². The molecule has 1 aliphatic rings. The fraction of sp³-hybridized carbons (Fsp3) is 0.667. The number of benzene rings is 1. The third kappa shape index (κ3) is 5.72. The molecule has 0 amide bonds. The molecule has 1 aliphatic heterocycles. The van der Waals surface area contributed by atoms with Gasteiger partial charge in [0.15, 0.2) is 0 Å². The summed E-state index contributed by atoms with van der Waals surface area (Å²) in [6.07, 6.45) is 7.21. The van der Waals surface area contributed by atoms with Gasteiger partial charge in [-0.25, -0.2) is 0 Å². The van der Waals surface area contributed by atoms with Gasteiger partial charge in [-0.1, -0.05) is 47.8 Å². The van der Waals surface area contributed by atoms with Crippen LogP contribution in [-0.4, -0.2) is 29.6 Å². The highest BCUT2D eigenvalue weighted by molar-refractivity contribution is 9.10. The molecule has 0 bridgehead atoms. The van der Waals surface area contributed by atoms with Crippen molar-refractivity contribution in [1.29, 1.82) is 0 Å². The summed E-state index contributed by atoms with van der Waals surface area (Å²) in [4.78, 5) is 2.54. The van der Waals surface area contributed by atoms with E-state index in [1.54, 1.807) is 0 Å². The van der Waals surface area contributed by atoms with Gasteiger partial charge in [0.1, 0.15) is 0 Å². The number of hydrogen-bond acceptors (Lipinski definition) is 2. The number of rotatable bonds is 6. The molecular formula is C18H28BrNO. The molecule has 21 heavy (non-hydrogen) atoms. The SMILES string of the molecule is CCCC1CCCN(CCC(O)c2cccc(Br)c2)CC1. The van der Waals surface area contributed by atoms with Gasteiger partial charge in [0.2, 0.25) is 0 Å². The Kier molecular flexibility index (Phi) is 7.21. The van der Waals surface area contributed by atoms with Crippen LogP contribution in [0.1, 0.15) is 57.1 Å². The van der Waals surface area contributed by atoms with Gasteiger partial charge < -0.3 is 10.0 Å². The van der Waals surface area contributed by atoms with Crippen molar-refractivity contribution in [2.45, 2.75) is 51.6 Å². The van der Waals surface area contributed by atoms with E-state index in [0.29, 0.717) is 0 Å². The quantitative estimate of drug-likeness (QED) is 0.795. The largest absolute Gasteiger partial charge is 0.388 e. The Morgan fingerprint density at radius 3 is 2.95 bits per heavy atom. The van der Waals surface area contributed by atoms with E-state index in [0.717, 1.165) is 28.9 Å². The maximum Gasteiger partial charge on any atom is 0.0802 e. The number of aliphatic hydroxyl groups is 1. The Morgan fingerprint density at radius 2 is 2.19 bits per heavy atom. The lowest BCUT2D eigenvalue weighted by molar-refractivity contribution is 0.142. The van der Waals surface area contributed by atoms with Crippen molar-refractivity contribution in [2.75, 3.05) is 19.6 Å². The van der Waals surface area contributed by atoms with Crippen LogP contribution in [0.2, 0.25) is 0 Å². The molecule has 1 aromatic rings. The van der Waals surface area contributed by atoms with Crippen molar-refractivity contribution in [3.63, 3.8) is 0 Å². The average molecular weight is 354 g/mol. The molecule has 0 radical (unpaired) electrons. The first kappa shape index (κ1) is 17.0. The van der Waals surface area contributed by atoms with Crippen molar-refractivity contribution < 1.29 is 5.11 Å². The third-order valence-corrected chi connectivity index (χ3v) is 5.08. The lowest BCUT2D eigenvalue weighted by Gasteiger charge is -2.22. The molecule has 3 heteroatoms. The van der Waals surface area contributed by atoms with Crippen LogP contribution in [0.25, 0.3) is 0 Å². The lowest BCUT2D eigenvalue weighted by atomic mass is 9.96. The van der Waals surface area contributed by atoms with E-state index >= 15 is 0 Å². The Bertz CT molecular complexity index is 423. The van der Waals surface area contributed by atoms with E-state index in [4.69, 9.17) is 0 Å². The summed E-state index contributed by atoms with van der Waals surface area (Å²) < 4.78 is 1.04. The summed E-state index contributed by atoms with van der Waals surface area (Å²) in [5.74, 6) is 0.926. The fourth-order valence-electron chi connectivity index (χ4n) is 3.33. The van der Waals surface area contributed by atoms with Crippen molar-refractivity contribution in [3.05, 3.63) is 34.3 Å². The van der Waals surface area contributed by atoms with Gasteiger partial charge in [-0.3, -0.25) is 0 Å². The molecule has 1 heterocycles. The smallest absolute Gasteiger partial charge is 0.0802 e. The molecule has 1 N–H and O–H groups in total. The minimum Gasteiger partial charge on any atom is -0.388 e. The van der Waals surface area contributed by atoms with Gasteiger partial charge in [-0.15, -0.1) is 0 Å². The second-order valence-corrected chi connectivity index (χ2v) is 7.20. The van der Waals surface area contributed by atoms with Crippen LogP contribution in [0, 0.1) is 5.92 Å². The summed E-state index contributed by atoms with van der Waals surface area (Å²) in [5.41, 5.74) is 1.02. The topological polar surface area (TPSA) is 23.5 Å². The van der Waals surface area contributed by atoms with Crippen LogP contribution in [0.5, 0.6) is 0 Å². The molecule has 1 saturated heterocycles. The van der Waals surface area contributed by atoms with Crippen molar-refractivity contribution in [3.8, 4) is 0 Å². The average Bonchev–Trinajstić information content (AvgIpc) is 2.71. The van der Waals surface area contributed by atoms with Gasteiger partial charge in [0.05, 0.1) is 6.10 Å². The summed E-state index contributed by atoms with van der Waals surface area (Å²) in [7, 11) is 0. The first-order chi connectivity index (χ1) is 10.2. The molecule has 2 atom stereocenters. The normalized spacial score (nSPS) is 22.0. The molecule has 0 aromatic heterocycles. The van der Waals surface area contributed by atoms with Crippen molar-refractivity contribution in [2.24, 2.45) is 5.92 Å². The summed E-state index contributed by atoms with van der Waals surface area (Å²) >= 11 is 3.47. The maximum atomic E-state index is 10.3. The maximum absolute atomic E-state index is 10.3. The zero-order chi connectivity index (χ0) is 15.1. The van der Waals surface area contributed by atoms with Crippen LogP contribution in [0.3, 0.4) is 0 Å². The van der Waals surface area contributed by atoms with Gasteiger partial charge in [-0.05, 0) is 62.4 Å². The van der Waals surface area contributed by atoms with Crippen molar-refractivity contribution >= 4 is 15.9 Å². The molecule has 0 spiro atoms. The van der Waals surface area contributed by atoms with Crippen LogP contribution in [0.4, 0.5) is 0 Å². The second kappa shape index (κ2) is 8.92. The number of hydrogen-bond donors (Lipinski definition) is 1. The predicted molar refractivity (Wildman–Crippen MR) is 92.4 cm³/mol. The van der Waals surface area contributed by atoms with E-state index in [1.807, 2.05) is 24.3 Å². The zero-order valence-corrected chi connectivity index (χ0v) is 14.7. The van der Waals surface area contributed by atoms with Crippen LogP contribution >= 0.6 is 15.9 Å². The highest BCUT2D eigenvalue weighted by Crippen LogP contribution is 2.24. The first-order valence-electron chi connectivity index (χ1n) is 8.35. The number of halogens is 1. The van der Waals surface area contributed by atoms with Gasteiger partial charge in [-0.2, -0.15) is 0 Å². The Balaban J connectivity index is 1.77. The Morgan fingerprint density at radius 1 is 1.33 bits per heavy atom. The van der Waals surface area contributed by atoms with Gasteiger partial charge >= 0.3 is 0 Å². The molecule has 2 rings (SSSR count). The van der Waals surface area contributed by atoms with Crippen LogP contribution in [0.15, 0.2) is 28.7 Å². The molecular weight excluding hydrogens is 326 g/mol. The van der Waals surface area contributed by atoms with Gasteiger partial charge in [0.25, 0.3) is 0 Å². The van der Waals surface area contributed by atoms with E-state index in [9.17, 15) is 5.11 Å². The molecule has 118 valence electrons. The van der Waals surface area contributed by atoms with Crippen molar-refractivity contribution in [1.82, 2.24) is 4.90 Å². The van der Waals surface area contributed by atoms with E-state index in [2.05, 4.69) is 27.8 Å². The summed E-state index contributed by atoms with van der Waals surface area (Å²) in [6.45, 7) is 5.70. The summed E-state index contributed by atoms with van der Waals surface area (Å²) in [5, 5.41) is 10.3.